The van der Waals surface area contributed by atoms with Gasteiger partial charge in [0.2, 0.25) is 5.91 Å². The van der Waals surface area contributed by atoms with Crippen molar-refractivity contribution in [1.82, 2.24) is 5.32 Å². The number of carbonyl (C=O) groups is 2. The van der Waals surface area contributed by atoms with E-state index in [4.69, 9.17) is 4.74 Å². The third kappa shape index (κ3) is 2.82. The maximum atomic E-state index is 12.1. The Kier molecular flexibility index (Phi) is 3.69. The summed E-state index contributed by atoms with van der Waals surface area (Å²) in [6.07, 6.45) is 3.79. The Morgan fingerprint density at radius 1 is 1.40 bits per heavy atom. The zero-order valence-electron chi connectivity index (χ0n) is 11.3. The van der Waals surface area contributed by atoms with E-state index in [0.717, 1.165) is 37.1 Å². The minimum absolute atomic E-state index is 0.0202. The highest BCUT2D eigenvalue weighted by Crippen LogP contribution is 2.24. The summed E-state index contributed by atoms with van der Waals surface area (Å²) >= 11 is 0. The van der Waals surface area contributed by atoms with Gasteiger partial charge < -0.3 is 15.4 Å². The molecule has 1 saturated heterocycles. The summed E-state index contributed by atoms with van der Waals surface area (Å²) < 4.78 is 5.58. The van der Waals surface area contributed by atoms with Gasteiger partial charge in [0.15, 0.2) is 0 Å². The van der Waals surface area contributed by atoms with Crippen molar-refractivity contribution in [3.63, 3.8) is 0 Å². The molecule has 20 heavy (non-hydrogen) atoms. The van der Waals surface area contributed by atoms with E-state index in [9.17, 15) is 9.59 Å². The number of nitrogens with one attached hydrogen (secondary N) is 2. The molecule has 1 fully saturated rings. The molecule has 0 aliphatic carbocycles. The smallest absolute Gasteiger partial charge is 0.251 e. The minimum atomic E-state index is -0.122. The summed E-state index contributed by atoms with van der Waals surface area (Å²) in [6.45, 7) is 1.33. The quantitative estimate of drug-likeness (QED) is 0.877. The first kappa shape index (κ1) is 13.1. The molecule has 3 rings (SSSR count). The number of rotatable bonds is 3. The Hall–Kier alpha value is -1.88. The molecule has 1 atom stereocenters. The Balaban J connectivity index is 1.60. The van der Waals surface area contributed by atoms with Crippen LogP contribution in [0.3, 0.4) is 0 Å². The standard InChI is InChI=1S/C15H18N2O3/c18-14-8-10-4-5-11(7-13(10)17-14)15(19)16-9-12-3-1-2-6-20-12/h4-5,7,12H,1-3,6,8-9H2,(H,16,19)(H,17,18). The predicted octanol–water partition coefficient (Wildman–Crippen LogP) is 1.48. The molecule has 0 saturated carbocycles. The van der Waals surface area contributed by atoms with Crippen molar-refractivity contribution >= 4 is 17.5 Å². The molecule has 1 aromatic carbocycles. The topological polar surface area (TPSA) is 67.4 Å². The lowest BCUT2D eigenvalue weighted by Gasteiger charge is -2.22. The SMILES string of the molecule is O=C1Cc2ccc(C(=O)NCC3CCCCO3)cc2N1. The number of ether oxygens (including phenoxy) is 1. The van der Waals surface area contributed by atoms with Crippen LogP contribution in [0.1, 0.15) is 35.2 Å². The normalized spacial score (nSPS) is 21.2. The number of hydrogen-bond acceptors (Lipinski definition) is 3. The summed E-state index contributed by atoms with van der Waals surface area (Å²) in [4.78, 5) is 23.4. The largest absolute Gasteiger partial charge is 0.376 e. The maximum absolute atomic E-state index is 12.1. The monoisotopic (exact) mass is 274 g/mol. The van der Waals surface area contributed by atoms with E-state index in [1.54, 1.807) is 12.1 Å². The fraction of sp³-hybridized carbons (Fsp3) is 0.467. The molecule has 5 nitrogen and oxygen atoms in total. The van der Waals surface area contributed by atoms with E-state index in [1.165, 1.54) is 0 Å². The van der Waals surface area contributed by atoms with Gasteiger partial charge >= 0.3 is 0 Å². The summed E-state index contributed by atoms with van der Waals surface area (Å²) in [5, 5.41) is 5.65. The Morgan fingerprint density at radius 2 is 2.30 bits per heavy atom. The Labute approximate surface area is 117 Å². The average molecular weight is 274 g/mol. The molecule has 2 N–H and O–H groups in total. The van der Waals surface area contributed by atoms with Crippen LogP contribution in [0.2, 0.25) is 0 Å². The Bertz CT molecular complexity index is 536. The molecule has 1 unspecified atom stereocenters. The van der Waals surface area contributed by atoms with Gasteiger partial charge in [-0.15, -0.1) is 0 Å². The van der Waals surface area contributed by atoms with Crippen LogP contribution in [0, 0.1) is 0 Å². The van der Waals surface area contributed by atoms with E-state index in [0.29, 0.717) is 18.5 Å². The van der Waals surface area contributed by atoms with E-state index in [1.807, 2.05) is 6.07 Å². The lowest BCUT2D eigenvalue weighted by atomic mass is 10.1. The first-order valence-electron chi connectivity index (χ1n) is 7.05. The molecule has 106 valence electrons. The molecule has 0 spiro atoms. The fourth-order valence-electron chi connectivity index (χ4n) is 2.63. The second kappa shape index (κ2) is 5.63. The van der Waals surface area contributed by atoms with Crippen LogP contribution in [0.25, 0.3) is 0 Å². The summed E-state index contributed by atoms with van der Waals surface area (Å²) in [5.41, 5.74) is 2.26. The fourth-order valence-corrected chi connectivity index (χ4v) is 2.63. The van der Waals surface area contributed by atoms with Crippen LogP contribution in [0.5, 0.6) is 0 Å². The van der Waals surface area contributed by atoms with Gasteiger partial charge in [0.25, 0.3) is 5.91 Å². The first-order chi connectivity index (χ1) is 9.72. The van der Waals surface area contributed by atoms with Gasteiger partial charge in [0.1, 0.15) is 0 Å². The molecule has 2 heterocycles. The second-order valence-corrected chi connectivity index (χ2v) is 5.30. The molecule has 5 heteroatoms. The van der Waals surface area contributed by atoms with Crippen LogP contribution in [0.15, 0.2) is 18.2 Å². The van der Waals surface area contributed by atoms with Crippen molar-refractivity contribution in [2.24, 2.45) is 0 Å². The first-order valence-corrected chi connectivity index (χ1v) is 7.05. The van der Waals surface area contributed by atoms with Crippen molar-refractivity contribution in [3.05, 3.63) is 29.3 Å². The van der Waals surface area contributed by atoms with Crippen LogP contribution >= 0.6 is 0 Å². The van der Waals surface area contributed by atoms with Gasteiger partial charge in [0, 0.05) is 24.4 Å². The van der Waals surface area contributed by atoms with Gasteiger partial charge in [0.05, 0.1) is 12.5 Å². The number of benzene rings is 1. The predicted molar refractivity (Wildman–Crippen MR) is 74.7 cm³/mol. The molecule has 0 radical (unpaired) electrons. The van der Waals surface area contributed by atoms with Crippen molar-refractivity contribution in [2.75, 3.05) is 18.5 Å². The number of fused-ring (bicyclic) bond motifs is 1. The lowest BCUT2D eigenvalue weighted by Crippen LogP contribution is -2.35. The zero-order valence-corrected chi connectivity index (χ0v) is 11.3. The molecule has 0 bridgehead atoms. The van der Waals surface area contributed by atoms with Gasteiger partial charge in [-0.05, 0) is 37.0 Å². The molecule has 2 aliphatic rings. The summed E-state index contributed by atoms with van der Waals surface area (Å²) in [6, 6.07) is 5.33. The van der Waals surface area contributed by atoms with E-state index < -0.39 is 0 Å². The third-order valence-corrected chi connectivity index (χ3v) is 3.76. The average Bonchev–Trinajstić information content (AvgIpc) is 2.85. The van der Waals surface area contributed by atoms with Crippen LogP contribution in [-0.2, 0) is 16.0 Å². The number of hydrogen-bond donors (Lipinski definition) is 2. The van der Waals surface area contributed by atoms with E-state index in [-0.39, 0.29) is 17.9 Å². The number of amides is 2. The Morgan fingerprint density at radius 3 is 3.10 bits per heavy atom. The third-order valence-electron chi connectivity index (χ3n) is 3.76. The minimum Gasteiger partial charge on any atom is -0.376 e. The second-order valence-electron chi connectivity index (χ2n) is 5.30. The molecule has 1 aromatic rings. The highest BCUT2D eigenvalue weighted by atomic mass is 16.5. The van der Waals surface area contributed by atoms with Crippen molar-refractivity contribution in [3.8, 4) is 0 Å². The highest BCUT2D eigenvalue weighted by molar-refractivity contribution is 6.02. The van der Waals surface area contributed by atoms with Crippen molar-refractivity contribution in [2.45, 2.75) is 31.8 Å². The summed E-state index contributed by atoms with van der Waals surface area (Å²) in [7, 11) is 0. The van der Waals surface area contributed by atoms with Gasteiger partial charge in [-0.1, -0.05) is 6.07 Å². The van der Waals surface area contributed by atoms with E-state index >= 15 is 0 Å². The molecular formula is C15H18N2O3. The maximum Gasteiger partial charge on any atom is 0.251 e. The van der Waals surface area contributed by atoms with Crippen LogP contribution in [0.4, 0.5) is 5.69 Å². The molecule has 0 aromatic heterocycles. The van der Waals surface area contributed by atoms with Crippen molar-refractivity contribution in [1.29, 1.82) is 0 Å². The van der Waals surface area contributed by atoms with Crippen LogP contribution in [-0.4, -0.2) is 31.1 Å². The zero-order chi connectivity index (χ0) is 13.9. The molecule has 2 aliphatic heterocycles. The molecule has 2 amide bonds. The van der Waals surface area contributed by atoms with E-state index in [2.05, 4.69) is 10.6 Å². The van der Waals surface area contributed by atoms with Gasteiger partial charge in [-0.2, -0.15) is 0 Å². The lowest BCUT2D eigenvalue weighted by molar-refractivity contribution is -0.115. The summed E-state index contributed by atoms with van der Waals surface area (Å²) in [5.74, 6) is -0.142. The van der Waals surface area contributed by atoms with Gasteiger partial charge in [-0.25, -0.2) is 0 Å². The number of carbonyl (C=O) groups excluding carboxylic acids is 2. The highest BCUT2D eigenvalue weighted by Gasteiger charge is 2.20. The van der Waals surface area contributed by atoms with Crippen LogP contribution < -0.4 is 10.6 Å². The molecular weight excluding hydrogens is 256 g/mol. The number of anilines is 1. The van der Waals surface area contributed by atoms with Gasteiger partial charge in [-0.3, -0.25) is 9.59 Å². The van der Waals surface area contributed by atoms with Crippen molar-refractivity contribution < 1.29 is 14.3 Å².